The quantitative estimate of drug-likeness (QED) is 0.730. The highest BCUT2D eigenvalue weighted by molar-refractivity contribution is 5.86. The second kappa shape index (κ2) is 6.01. The van der Waals surface area contributed by atoms with Crippen LogP contribution in [0.5, 0.6) is 0 Å². The van der Waals surface area contributed by atoms with Gasteiger partial charge in [-0.2, -0.15) is 0 Å². The molecule has 2 rings (SSSR count). The second-order valence-corrected chi connectivity index (χ2v) is 4.85. The number of carbonyl (C=O) groups is 3. The highest BCUT2D eigenvalue weighted by Gasteiger charge is 2.29. The fourth-order valence-electron chi connectivity index (χ4n) is 2.40. The first-order valence-corrected chi connectivity index (χ1v) is 6.45. The van der Waals surface area contributed by atoms with E-state index in [4.69, 9.17) is 9.84 Å². The molecule has 0 bridgehead atoms. The lowest BCUT2D eigenvalue weighted by Crippen LogP contribution is -2.49. The molecule has 2 aliphatic heterocycles. The van der Waals surface area contributed by atoms with Crippen LogP contribution in [-0.2, 0) is 19.1 Å². The van der Waals surface area contributed by atoms with Crippen molar-refractivity contribution in [3.63, 3.8) is 0 Å². The predicted octanol–water partition coefficient (Wildman–Crippen LogP) is -0.689. The van der Waals surface area contributed by atoms with Gasteiger partial charge in [-0.1, -0.05) is 0 Å². The number of likely N-dealkylation sites (tertiary alicyclic amines) is 1. The van der Waals surface area contributed by atoms with Crippen LogP contribution in [0.25, 0.3) is 0 Å². The van der Waals surface area contributed by atoms with Gasteiger partial charge < -0.3 is 19.6 Å². The molecular formula is C12H18N2O5. The van der Waals surface area contributed by atoms with E-state index < -0.39 is 12.1 Å². The lowest BCUT2D eigenvalue weighted by Gasteiger charge is -2.33. The predicted molar refractivity (Wildman–Crippen MR) is 64.4 cm³/mol. The van der Waals surface area contributed by atoms with Crippen LogP contribution in [0, 0.1) is 0 Å². The Balaban J connectivity index is 1.84. The number of carboxylic acids is 1. The van der Waals surface area contributed by atoms with Crippen LogP contribution in [0.4, 0.5) is 0 Å². The molecule has 0 spiro atoms. The molecule has 1 unspecified atom stereocenters. The SMILES string of the molecule is O=C(O)CC1CN(C(=O)CN2CCCC2=O)CCO1. The number of morpholine rings is 1. The monoisotopic (exact) mass is 270 g/mol. The number of hydrogen-bond acceptors (Lipinski definition) is 4. The fourth-order valence-corrected chi connectivity index (χ4v) is 2.40. The van der Waals surface area contributed by atoms with Gasteiger partial charge in [-0.25, -0.2) is 0 Å². The van der Waals surface area contributed by atoms with Gasteiger partial charge in [0.1, 0.15) is 0 Å². The van der Waals surface area contributed by atoms with E-state index in [1.807, 2.05) is 0 Å². The van der Waals surface area contributed by atoms with Gasteiger partial charge in [0.05, 0.1) is 25.7 Å². The molecule has 2 saturated heterocycles. The van der Waals surface area contributed by atoms with E-state index in [1.165, 1.54) is 0 Å². The Morgan fingerprint density at radius 2 is 2.16 bits per heavy atom. The van der Waals surface area contributed by atoms with Gasteiger partial charge in [0.15, 0.2) is 0 Å². The van der Waals surface area contributed by atoms with Crippen molar-refractivity contribution < 1.29 is 24.2 Å². The lowest BCUT2D eigenvalue weighted by molar-refractivity contribution is -0.149. The van der Waals surface area contributed by atoms with E-state index in [0.717, 1.165) is 6.42 Å². The van der Waals surface area contributed by atoms with Crippen molar-refractivity contribution >= 4 is 17.8 Å². The smallest absolute Gasteiger partial charge is 0.306 e. The van der Waals surface area contributed by atoms with Gasteiger partial charge in [0, 0.05) is 26.1 Å². The molecule has 0 saturated carbocycles. The largest absolute Gasteiger partial charge is 0.481 e. The zero-order chi connectivity index (χ0) is 13.8. The minimum Gasteiger partial charge on any atom is -0.481 e. The average Bonchev–Trinajstić information content (AvgIpc) is 2.74. The zero-order valence-corrected chi connectivity index (χ0v) is 10.7. The van der Waals surface area contributed by atoms with Crippen molar-refractivity contribution in [3.05, 3.63) is 0 Å². The molecule has 0 radical (unpaired) electrons. The van der Waals surface area contributed by atoms with Crippen LogP contribution < -0.4 is 0 Å². The minimum atomic E-state index is -0.936. The van der Waals surface area contributed by atoms with E-state index in [0.29, 0.717) is 26.1 Å². The van der Waals surface area contributed by atoms with Gasteiger partial charge >= 0.3 is 5.97 Å². The van der Waals surface area contributed by atoms with Gasteiger partial charge in [0.2, 0.25) is 11.8 Å². The van der Waals surface area contributed by atoms with E-state index in [1.54, 1.807) is 9.80 Å². The number of amides is 2. The van der Waals surface area contributed by atoms with E-state index in [2.05, 4.69) is 0 Å². The summed E-state index contributed by atoms with van der Waals surface area (Å²) in [4.78, 5) is 37.3. The van der Waals surface area contributed by atoms with Crippen molar-refractivity contribution in [1.29, 1.82) is 0 Å². The molecule has 0 aromatic rings. The maximum absolute atomic E-state index is 12.1. The van der Waals surface area contributed by atoms with Crippen LogP contribution in [-0.4, -0.2) is 71.6 Å². The Bertz CT molecular complexity index is 384. The highest BCUT2D eigenvalue weighted by Crippen LogP contribution is 2.12. The molecule has 0 aliphatic carbocycles. The van der Waals surface area contributed by atoms with Crippen molar-refractivity contribution in [2.45, 2.75) is 25.4 Å². The first-order chi connectivity index (χ1) is 9.06. The van der Waals surface area contributed by atoms with Crippen LogP contribution in [0.15, 0.2) is 0 Å². The van der Waals surface area contributed by atoms with Crippen molar-refractivity contribution in [3.8, 4) is 0 Å². The van der Waals surface area contributed by atoms with E-state index in [-0.39, 0.29) is 31.3 Å². The summed E-state index contributed by atoms with van der Waals surface area (Å²) in [5.41, 5.74) is 0. The topological polar surface area (TPSA) is 87.2 Å². The van der Waals surface area contributed by atoms with Crippen molar-refractivity contribution in [2.75, 3.05) is 32.8 Å². The third-order valence-electron chi connectivity index (χ3n) is 3.39. The summed E-state index contributed by atoms with van der Waals surface area (Å²) in [5, 5.41) is 8.72. The van der Waals surface area contributed by atoms with Crippen LogP contribution >= 0.6 is 0 Å². The Morgan fingerprint density at radius 3 is 2.79 bits per heavy atom. The first-order valence-electron chi connectivity index (χ1n) is 6.45. The van der Waals surface area contributed by atoms with E-state index in [9.17, 15) is 14.4 Å². The fraction of sp³-hybridized carbons (Fsp3) is 0.750. The molecule has 0 aromatic heterocycles. The number of hydrogen-bond donors (Lipinski definition) is 1. The molecular weight excluding hydrogens is 252 g/mol. The summed E-state index contributed by atoms with van der Waals surface area (Å²) in [7, 11) is 0. The third kappa shape index (κ3) is 3.66. The number of carboxylic acid groups (broad SMARTS) is 1. The molecule has 106 valence electrons. The number of ether oxygens (including phenoxy) is 1. The van der Waals surface area contributed by atoms with Gasteiger partial charge in [-0.3, -0.25) is 14.4 Å². The van der Waals surface area contributed by atoms with Gasteiger partial charge in [-0.05, 0) is 6.42 Å². The van der Waals surface area contributed by atoms with Crippen LogP contribution in [0.1, 0.15) is 19.3 Å². The summed E-state index contributed by atoms with van der Waals surface area (Å²) in [6, 6.07) is 0. The molecule has 1 atom stereocenters. The highest BCUT2D eigenvalue weighted by atomic mass is 16.5. The molecule has 2 fully saturated rings. The summed E-state index contributed by atoms with van der Waals surface area (Å²) in [6.45, 7) is 1.81. The number of carbonyl (C=O) groups excluding carboxylic acids is 2. The summed E-state index contributed by atoms with van der Waals surface area (Å²) in [5.74, 6) is -1.05. The Morgan fingerprint density at radius 1 is 1.37 bits per heavy atom. The van der Waals surface area contributed by atoms with E-state index >= 15 is 0 Å². The van der Waals surface area contributed by atoms with Crippen molar-refractivity contribution in [1.82, 2.24) is 9.80 Å². The van der Waals surface area contributed by atoms with Crippen LogP contribution in [0.3, 0.4) is 0 Å². The maximum Gasteiger partial charge on any atom is 0.306 e. The average molecular weight is 270 g/mol. The molecule has 0 aromatic carbocycles. The number of rotatable bonds is 4. The van der Waals surface area contributed by atoms with Gasteiger partial charge in [0.25, 0.3) is 0 Å². The van der Waals surface area contributed by atoms with Crippen LogP contribution in [0.2, 0.25) is 0 Å². The lowest BCUT2D eigenvalue weighted by atomic mass is 10.2. The summed E-state index contributed by atoms with van der Waals surface area (Å²) < 4.78 is 5.31. The molecule has 2 amide bonds. The van der Waals surface area contributed by atoms with Crippen molar-refractivity contribution in [2.24, 2.45) is 0 Å². The van der Waals surface area contributed by atoms with Gasteiger partial charge in [-0.15, -0.1) is 0 Å². The molecule has 2 aliphatic rings. The zero-order valence-electron chi connectivity index (χ0n) is 10.7. The Labute approximate surface area is 111 Å². The molecule has 1 N–H and O–H groups in total. The molecule has 2 heterocycles. The Kier molecular flexibility index (Phi) is 4.36. The summed E-state index contributed by atoms with van der Waals surface area (Å²) >= 11 is 0. The number of nitrogens with zero attached hydrogens (tertiary/aromatic N) is 2. The maximum atomic E-state index is 12.1. The molecule has 7 heteroatoms. The number of aliphatic carboxylic acids is 1. The molecule has 7 nitrogen and oxygen atoms in total. The normalized spacial score (nSPS) is 23.8. The summed E-state index contributed by atoms with van der Waals surface area (Å²) in [6.07, 6.45) is 0.755. The minimum absolute atomic E-state index is 0.0173. The second-order valence-electron chi connectivity index (χ2n) is 4.85. The standard InChI is InChI=1S/C12H18N2O5/c15-10-2-1-3-13(10)8-11(16)14-4-5-19-9(7-14)6-12(17)18/h9H,1-8H2,(H,17,18). The molecule has 19 heavy (non-hydrogen) atoms. The Hall–Kier alpha value is -1.63. The first kappa shape index (κ1) is 13.8. The third-order valence-corrected chi connectivity index (χ3v) is 3.39.